The van der Waals surface area contributed by atoms with Gasteiger partial charge in [0.05, 0.1) is 0 Å². The van der Waals surface area contributed by atoms with Gasteiger partial charge in [-0.1, -0.05) is 12.8 Å². The summed E-state index contributed by atoms with van der Waals surface area (Å²) in [7, 11) is 0. The van der Waals surface area contributed by atoms with E-state index in [1.807, 2.05) is 6.07 Å². The molecule has 2 aromatic rings. The zero-order valence-electron chi connectivity index (χ0n) is 12.1. The molecule has 3 N–H and O–H groups in total. The van der Waals surface area contributed by atoms with Crippen molar-refractivity contribution < 1.29 is 0 Å². The van der Waals surface area contributed by atoms with E-state index >= 15 is 0 Å². The summed E-state index contributed by atoms with van der Waals surface area (Å²) in [5.41, 5.74) is 2.51. The number of hydrazine groups is 1. The average molecular weight is 288 g/mol. The van der Waals surface area contributed by atoms with Crippen molar-refractivity contribution in [2.75, 3.05) is 16.9 Å². The summed E-state index contributed by atoms with van der Waals surface area (Å²) < 4.78 is 1.61. The number of hydrogen-bond acceptors (Lipinski definition) is 7. The van der Waals surface area contributed by atoms with Crippen LogP contribution in [0.1, 0.15) is 32.6 Å². The van der Waals surface area contributed by atoms with E-state index in [2.05, 4.69) is 37.3 Å². The van der Waals surface area contributed by atoms with Gasteiger partial charge in [-0.15, -0.1) is 0 Å². The third-order valence-corrected chi connectivity index (χ3v) is 3.76. The Hall–Kier alpha value is -2.22. The predicted octanol–water partition coefficient (Wildman–Crippen LogP) is 1.11. The molecule has 0 aliphatic carbocycles. The van der Waals surface area contributed by atoms with Crippen LogP contribution >= 0.6 is 0 Å². The summed E-state index contributed by atoms with van der Waals surface area (Å²) in [6.07, 6.45) is 8.28. The lowest BCUT2D eigenvalue weighted by Gasteiger charge is -2.27. The van der Waals surface area contributed by atoms with Crippen molar-refractivity contribution in [3.63, 3.8) is 0 Å². The van der Waals surface area contributed by atoms with Crippen LogP contribution in [0.5, 0.6) is 0 Å². The quantitative estimate of drug-likeness (QED) is 0.645. The van der Waals surface area contributed by atoms with Crippen LogP contribution in [0.15, 0.2) is 18.5 Å². The molecule has 1 aliphatic rings. The summed E-state index contributed by atoms with van der Waals surface area (Å²) in [6.45, 7) is 3.16. The van der Waals surface area contributed by atoms with Crippen LogP contribution in [0.3, 0.4) is 0 Å². The molecule has 2 aromatic heterocycles. The fraction of sp³-hybridized carbons (Fsp3) is 0.538. The van der Waals surface area contributed by atoms with E-state index in [1.165, 1.54) is 12.8 Å². The van der Waals surface area contributed by atoms with Crippen LogP contribution in [-0.4, -0.2) is 37.3 Å². The van der Waals surface area contributed by atoms with Crippen molar-refractivity contribution in [3.05, 3.63) is 18.5 Å². The molecule has 0 bridgehead atoms. The van der Waals surface area contributed by atoms with Crippen molar-refractivity contribution in [2.45, 2.75) is 38.6 Å². The molecule has 1 aliphatic heterocycles. The maximum absolute atomic E-state index is 5.49. The van der Waals surface area contributed by atoms with E-state index in [0.717, 1.165) is 19.4 Å². The summed E-state index contributed by atoms with van der Waals surface area (Å²) in [4.78, 5) is 15.4. The summed E-state index contributed by atoms with van der Waals surface area (Å²) in [5.74, 6) is 6.95. The minimum Gasteiger partial charge on any atom is -0.338 e. The monoisotopic (exact) mass is 288 g/mol. The van der Waals surface area contributed by atoms with E-state index in [9.17, 15) is 0 Å². The van der Waals surface area contributed by atoms with Gasteiger partial charge in [0, 0.05) is 25.0 Å². The zero-order valence-corrected chi connectivity index (χ0v) is 12.1. The Morgan fingerprint density at radius 2 is 2.05 bits per heavy atom. The van der Waals surface area contributed by atoms with Gasteiger partial charge in [-0.2, -0.15) is 20.1 Å². The van der Waals surface area contributed by atoms with Crippen molar-refractivity contribution in [1.82, 2.24) is 24.7 Å². The Morgan fingerprint density at radius 3 is 2.81 bits per heavy atom. The Balaban J connectivity index is 1.99. The maximum Gasteiger partial charge on any atom is 0.257 e. The molecule has 112 valence electrons. The standard InChI is InChI=1S/C13H20N8/c1-10-6-3-2-4-8-20(10)12-16-11(19-14)17-13(18-12)21-9-5-7-15-21/h5,7,9-10H,2-4,6,8,14H2,1H3,(H,16,17,18,19). The highest BCUT2D eigenvalue weighted by Gasteiger charge is 2.21. The van der Waals surface area contributed by atoms with E-state index in [4.69, 9.17) is 5.84 Å². The highest BCUT2D eigenvalue weighted by molar-refractivity contribution is 5.40. The van der Waals surface area contributed by atoms with E-state index in [1.54, 1.807) is 17.1 Å². The van der Waals surface area contributed by atoms with Crippen LogP contribution < -0.4 is 16.2 Å². The number of nitrogen functional groups attached to an aromatic ring is 1. The molecule has 1 unspecified atom stereocenters. The van der Waals surface area contributed by atoms with Gasteiger partial charge in [-0.05, 0) is 25.8 Å². The average Bonchev–Trinajstić information content (AvgIpc) is 2.96. The fourth-order valence-electron chi connectivity index (χ4n) is 2.61. The Bertz CT molecular complexity index is 582. The van der Waals surface area contributed by atoms with E-state index < -0.39 is 0 Å². The normalized spacial score (nSPS) is 19.3. The van der Waals surface area contributed by atoms with Gasteiger partial charge in [0.1, 0.15) is 0 Å². The number of nitrogens with zero attached hydrogens (tertiary/aromatic N) is 6. The molecule has 3 rings (SSSR count). The summed E-state index contributed by atoms with van der Waals surface area (Å²) >= 11 is 0. The van der Waals surface area contributed by atoms with Crippen LogP contribution in [0.25, 0.3) is 5.95 Å². The number of anilines is 2. The SMILES string of the molecule is CC1CCCCCN1c1nc(NN)nc(-n2cccn2)n1. The van der Waals surface area contributed by atoms with Crippen LogP contribution in [0, 0.1) is 0 Å². The van der Waals surface area contributed by atoms with E-state index in [0.29, 0.717) is 23.9 Å². The Kier molecular flexibility index (Phi) is 3.96. The van der Waals surface area contributed by atoms with Crippen molar-refractivity contribution in [3.8, 4) is 5.95 Å². The van der Waals surface area contributed by atoms with Gasteiger partial charge in [-0.25, -0.2) is 10.5 Å². The third-order valence-electron chi connectivity index (χ3n) is 3.76. The van der Waals surface area contributed by atoms with E-state index in [-0.39, 0.29) is 0 Å². The minimum absolute atomic E-state index is 0.349. The lowest BCUT2D eigenvalue weighted by atomic mass is 10.1. The van der Waals surface area contributed by atoms with Crippen molar-refractivity contribution in [2.24, 2.45) is 5.84 Å². The maximum atomic E-state index is 5.49. The van der Waals surface area contributed by atoms with Crippen molar-refractivity contribution in [1.29, 1.82) is 0 Å². The van der Waals surface area contributed by atoms with Gasteiger partial charge in [-0.3, -0.25) is 5.43 Å². The van der Waals surface area contributed by atoms with Gasteiger partial charge in [0.15, 0.2) is 0 Å². The molecule has 0 aromatic carbocycles. The third kappa shape index (κ3) is 2.94. The second-order valence-corrected chi connectivity index (χ2v) is 5.25. The molecule has 0 radical (unpaired) electrons. The minimum atomic E-state index is 0.349. The lowest BCUT2D eigenvalue weighted by molar-refractivity contribution is 0.602. The Labute approximate surface area is 123 Å². The van der Waals surface area contributed by atoms with Gasteiger partial charge in [0.25, 0.3) is 5.95 Å². The fourth-order valence-corrected chi connectivity index (χ4v) is 2.61. The molecule has 8 nitrogen and oxygen atoms in total. The highest BCUT2D eigenvalue weighted by atomic mass is 15.4. The van der Waals surface area contributed by atoms with Crippen LogP contribution in [-0.2, 0) is 0 Å². The molecule has 0 saturated carbocycles. The van der Waals surface area contributed by atoms with Crippen LogP contribution in [0.2, 0.25) is 0 Å². The molecule has 0 spiro atoms. The number of aromatic nitrogens is 5. The molecule has 3 heterocycles. The largest absolute Gasteiger partial charge is 0.338 e. The topological polar surface area (TPSA) is 97.8 Å². The number of rotatable bonds is 3. The predicted molar refractivity (Wildman–Crippen MR) is 80.0 cm³/mol. The molecule has 1 fully saturated rings. The van der Waals surface area contributed by atoms with Gasteiger partial charge in [0.2, 0.25) is 11.9 Å². The summed E-state index contributed by atoms with van der Waals surface area (Å²) in [6, 6.07) is 2.24. The smallest absolute Gasteiger partial charge is 0.257 e. The first-order valence-corrected chi connectivity index (χ1v) is 7.27. The van der Waals surface area contributed by atoms with Gasteiger partial charge >= 0.3 is 0 Å². The second-order valence-electron chi connectivity index (χ2n) is 5.25. The molecular formula is C13H20N8. The number of nitrogens with two attached hydrogens (primary N) is 1. The number of nitrogens with one attached hydrogen (secondary N) is 1. The molecular weight excluding hydrogens is 268 g/mol. The molecule has 1 atom stereocenters. The Morgan fingerprint density at radius 1 is 1.19 bits per heavy atom. The first-order chi connectivity index (χ1) is 10.3. The van der Waals surface area contributed by atoms with Gasteiger partial charge < -0.3 is 4.90 Å². The first kappa shape index (κ1) is 13.7. The second kappa shape index (κ2) is 6.04. The molecule has 0 amide bonds. The van der Waals surface area contributed by atoms with Crippen molar-refractivity contribution >= 4 is 11.9 Å². The molecule has 21 heavy (non-hydrogen) atoms. The first-order valence-electron chi connectivity index (χ1n) is 7.27. The summed E-state index contributed by atoms with van der Waals surface area (Å²) in [5, 5.41) is 4.16. The highest BCUT2D eigenvalue weighted by Crippen LogP contribution is 2.22. The molecule has 1 saturated heterocycles. The molecule has 8 heteroatoms. The lowest BCUT2D eigenvalue weighted by Crippen LogP contribution is -2.34. The van der Waals surface area contributed by atoms with Crippen LogP contribution in [0.4, 0.5) is 11.9 Å². The zero-order chi connectivity index (χ0) is 14.7. The number of hydrogen-bond donors (Lipinski definition) is 2.